The Balaban J connectivity index is 2.45. The maximum atomic E-state index is 11.1. The molecule has 1 saturated heterocycles. The lowest BCUT2D eigenvalue weighted by Crippen LogP contribution is -2.43. The molecule has 1 N–H and O–H groups in total. The van der Waals surface area contributed by atoms with Gasteiger partial charge in [-0.2, -0.15) is 0 Å². The highest BCUT2D eigenvalue weighted by Crippen LogP contribution is 2.21. The van der Waals surface area contributed by atoms with Crippen LogP contribution >= 0.6 is 0 Å². The predicted molar refractivity (Wildman–Crippen MR) is 57.9 cm³/mol. The van der Waals surface area contributed by atoms with Crippen LogP contribution < -0.4 is 0 Å². The van der Waals surface area contributed by atoms with Crippen molar-refractivity contribution < 1.29 is 14.6 Å². The third kappa shape index (κ3) is 3.47. The molecular weight excluding hydrogens is 194 g/mol. The van der Waals surface area contributed by atoms with Gasteiger partial charge in [0.2, 0.25) is 0 Å². The standard InChI is InChI=1S/C11H21NO3/c1-9-5-3-7-12(9)10(11(13)14)6-4-8-15-2/h9-10H,3-8H2,1-2H3,(H,13,14). The zero-order valence-corrected chi connectivity index (χ0v) is 9.61. The monoisotopic (exact) mass is 215 g/mol. The van der Waals surface area contributed by atoms with Gasteiger partial charge < -0.3 is 9.84 Å². The van der Waals surface area contributed by atoms with Gasteiger partial charge in [0.15, 0.2) is 0 Å². The number of likely N-dealkylation sites (tertiary alicyclic amines) is 1. The molecule has 0 saturated carbocycles. The molecule has 2 atom stereocenters. The van der Waals surface area contributed by atoms with Crippen molar-refractivity contribution in [3.8, 4) is 0 Å². The number of carbonyl (C=O) groups is 1. The highest BCUT2D eigenvalue weighted by Gasteiger charge is 2.31. The Hall–Kier alpha value is -0.610. The Morgan fingerprint density at radius 1 is 1.67 bits per heavy atom. The molecule has 1 aliphatic rings. The number of hydrogen-bond donors (Lipinski definition) is 1. The fourth-order valence-corrected chi connectivity index (χ4v) is 2.27. The van der Waals surface area contributed by atoms with E-state index in [1.807, 2.05) is 0 Å². The van der Waals surface area contributed by atoms with Crippen molar-refractivity contribution in [3.63, 3.8) is 0 Å². The molecule has 0 aliphatic carbocycles. The summed E-state index contributed by atoms with van der Waals surface area (Å²) in [5, 5.41) is 9.17. The first-order valence-electron chi connectivity index (χ1n) is 5.64. The van der Waals surface area contributed by atoms with Gasteiger partial charge in [-0.25, -0.2) is 0 Å². The Kier molecular flexibility index (Phi) is 5.05. The summed E-state index contributed by atoms with van der Waals surface area (Å²) >= 11 is 0. The predicted octanol–water partition coefficient (Wildman–Crippen LogP) is 1.35. The number of hydrogen-bond acceptors (Lipinski definition) is 3. The molecule has 1 heterocycles. The van der Waals surface area contributed by atoms with Crippen LogP contribution in [0, 0.1) is 0 Å². The number of rotatable bonds is 6. The van der Waals surface area contributed by atoms with Crippen LogP contribution in [0.2, 0.25) is 0 Å². The van der Waals surface area contributed by atoms with E-state index in [0.717, 1.165) is 25.8 Å². The second kappa shape index (κ2) is 6.08. The lowest BCUT2D eigenvalue weighted by Gasteiger charge is -2.28. The van der Waals surface area contributed by atoms with Crippen molar-refractivity contribution in [2.75, 3.05) is 20.3 Å². The van der Waals surface area contributed by atoms with Crippen molar-refractivity contribution in [2.45, 2.75) is 44.7 Å². The topological polar surface area (TPSA) is 49.8 Å². The van der Waals surface area contributed by atoms with Gasteiger partial charge >= 0.3 is 5.97 Å². The summed E-state index contributed by atoms with van der Waals surface area (Å²) < 4.78 is 4.95. The van der Waals surface area contributed by atoms with E-state index in [1.165, 1.54) is 0 Å². The average Bonchev–Trinajstić information content (AvgIpc) is 2.59. The van der Waals surface area contributed by atoms with Crippen LogP contribution in [0.4, 0.5) is 0 Å². The summed E-state index contributed by atoms with van der Waals surface area (Å²) in [6.07, 6.45) is 3.74. The fraction of sp³-hybridized carbons (Fsp3) is 0.909. The van der Waals surface area contributed by atoms with E-state index in [4.69, 9.17) is 9.84 Å². The molecule has 1 fully saturated rings. The molecule has 4 nitrogen and oxygen atoms in total. The molecule has 0 spiro atoms. The summed E-state index contributed by atoms with van der Waals surface area (Å²) in [6.45, 7) is 3.68. The van der Waals surface area contributed by atoms with Gasteiger partial charge in [0.05, 0.1) is 0 Å². The van der Waals surface area contributed by atoms with Gasteiger partial charge in [0.1, 0.15) is 6.04 Å². The Bertz CT molecular complexity index is 208. The van der Waals surface area contributed by atoms with E-state index in [2.05, 4.69) is 11.8 Å². The van der Waals surface area contributed by atoms with E-state index in [1.54, 1.807) is 7.11 Å². The number of nitrogens with zero attached hydrogens (tertiary/aromatic N) is 1. The van der Waals surface area contributed by atoms with E-state index in [0.29, 0.717) is 19.1 Å². The van der Waals surface area contributed by atoms with Crippen LogP contribution in [-0.2, 0) is 9.53 Å². The van der Waals surface area contributed by atoms with E-state index >= 15 is 0 Å². The molecule has 1 aliphatic heterocycles. The zero-order chi connectivity index (χ0) is 11.3. The van der Waals surface area contributed by atoms with Crippen LogP contribution in [0.3, 0.4) is 0 Å². The average molecular weight is 215 g/mol. The smallest absolute Gasteiger partial charge is 0.320 e. The minimum atomic E-state index is -0.695. The van der Waals surface area contributed by atoms with Crippen LogP contribution in [0.5, 0.6) is 0 Å². The lowest BCUT2D eigenvalue weighted by atomic mass is 10.1. The summed E-state index contributed by atoms with van der Waals surface area (Å²) in [7, 11) is 1.65. The molecule has 0 bridgehead atoms. The SMILES string of the molecule is COCCCC(C(=O)O)N1CCCC1C. The van der Waals surface area contributed by atoms with Gasteiger partial charge in [0, 0.05) is 19.8 Å². The van der Waals surface area contributed by atoms with Gasteiger partial charge in [-0.3, -0.25) is 9.69 Å². The lowest BCUT2D eigenvalue weighted by molar-refractivity contribution is -0.144. The number of aliphatic carboxylic acids is 1. The van der Waals surface area contributed by atoms with Crippen LogP contribution in [-0.4, -0.2) is 48.3 Å². The fourth-order valence-electron chi connectivity index (χ4n) is 2.27. The van der Waals surface area contributed by atoms with Crippen LogP contribution in [0.25, 0.3) is 0 Å². The van der Waals surface area contributed by atoms with E-state index in [9.17, 15) is 4.79 Å². The second-order valence-corrected chi connectivity index (χ2v) is 4.22. The van der Waals surface area contributed by atoms with Gasteiger partial charge in [-0.15, -0.1) is 0 Å². The third-order valence-corrected chi connectivity index (χ3v) is 3.12. The molecule has 2 unspecified atom stereocenters. The normalized spacial score (nSPS) is 24.3. The number of ether oxygens (including phenoxy) is 1. The first-order chi connectivity index (χ1) is 7.16. The quantitative estimate of drug-likeness (QED) is 0.679. The molecule has 4 heteroatoms. The van der Waals surface area contributed by atoms with Crippen LogP contribution in [0.1, 0.15) is 32.6 Å². The van der Waals surface area contributed by atoms with Crippen molar-refractivity contribution in [1.29, 1.82) is 0 Å². The number of carboxylic acids is 1. The maximum absolute atomic E-state index is 11.1. The maximum Gasteiger partial charge on any atom is 0.320 e. The Labute approximate surface area is 91.2 Å². The first kappa shape index (κ1) is 12.5. The summed E-state index contributed by atoms with van der Waals surface area (Å²) in [6, 6.07) is 0.0892. The molecule has 1 rings (SSSR count). The molecule has 15 heavy (non-hydrogen) atoms. The first-order valence-corrected chi connectivity index (χ1v) is 5.64. The highest BCUT2D eigenvalue weighted by molar-refractivity contribution is 5.73. The van der Waals surface area contributed by atoms with Gasteiger partial charge in [0.25, 0.3) is 0 Å². The van der Waals surface area contributed by atoms with Gasteiger partial charge in [-0.1, -0.05) is 0 Å². The zero-order valence-electron chi connectivity index (χ0n) is 9.61. The summed E-state index contributed by atoms with van der Waals surface area (Å²) in [5.41, 5.74) is 0. The van der Waals surface area contributed by atoms with E-state index < -0.39 is 5.97 Å². The summed E-state index contributed by atoms with van der Waals surface area (Å²) in [4.78, 5) is 13.3. The third-order valence-electron chi connectivity index (χ3n) is 3.12. The Morgan fingerprint density at radius 2 is 2.40 bits per heavy atom. The van der Waals surface area contributed by atoms with Gasteiger partial charge in [-0.05, 0) is 39.2 Å². The van der Waals surface area contributed by atoms with Crippen molar-refractivity contribution in [3.05, 3.63) is 0 Å². The minimum Gasteiger partial charge on any atom is -0.480 e. The van der Waals surface area contributed by atoms with Crippen LogP contribution in [0.15, 0.2) is 0 Å². The Morgan fingerprint density at radius 3 is 2.87 bits per heavy atom. The molecule has 0 aromatic carbocycles. The minimum absolute atomic E-state index is 0.322. The molecular formula is C11H21NO3. The summed E-state index contributed by atoms with van der Waals surface area (Å²) in [5.74, 6) is -0.695. The number of methoxy groups -OCH3 is 1. The highest BCUT2D eigenvalue weighted by atomic mass is 16.5. The van der Waals surface area contributed by atoms with E-state index in [-0.39, 0.29) is 6.04 Å². The molecule has 0 aromatic rings. The molecule has 0 aromatic heterocycles. The van der Waals surface area contributed by atoms with Crippen molar-refractivity contribution in [2.24, 2.45) is 0 Å². The van der Waals surface area contributed by atoms with Crippen molar-refractivity contribution >= 4 is 5.97 Å². The van der Waals surface area contributed by atoms with Crippen molar-refractivity contribution in [1.82, 2.24) is 4.90 Å². The molecule has 88 valence electrons. The molecule has 0 amide bonds. The molecule has 0 radical (unpaired) electrons. The second-order valence-electron chi connectivity index (χ2n) is 4.22. The largest absolute Gasteiger partial charge is 0.480 e. The number of carboxylic acid groups (broad SMARTS) is 1.